The lowest BCUT2D eigenvalue weighted by Gasteiger charge is -2.02. The summed E-state index contributed by atoms with van der Waals surface area (Å²) in [4.78, 5) is 0. The molecule has 3 heteroatoms. The highest BCUT2D eigenvalue weighted by Crippen LogP contribution is 2.10. The Morgan fingerprint density at radius 2 is 1.00 bits per heavy atom. The Morgan fingerprint density at radius 3 is 1.35 bits per heavy atom. The van der Waals surface area contributed by atoms with E-state index in [0.717, 1.165) is 6.42 Å². The van der Waals surface area contributed by atoms with E-state index in [0.29, 0.717) is 6.61 Å². The molecule has 0 saturated heterocycles. The van der Waals surface area contributed by atoms with Crippen molar-refractivity contribution in [1.29, 1.82) is 0 Å². The maximum absolute atomic E-state index is 8.63. The average molecular weight is 266 g/mol. The summed E-state index contributed by atoms with van der Waals surface area (Å²) in [7, 11) is 2.15. The third kappa shape index (κ3) is 18.8. The topological polar surface area (TPSA) is 36.8 Å². The van der Waals surface area contributed by atoms with Crippen molar-refractivity contribution in [2.24, 2.45) is 0 Å². The van der Waals surface area contributed by atoms with Crippen LogP contribution in [0.4, 0.5) is 0 Å². The molecule has 0 atom stereocenters. The quantitative estimate of drug-likeness (QED) is 0.432. The maximum Gasteiger partial charge on any atom is 0.0753 e. The number of hydrogen-bond donors (Lipinski definition) is 2. The molecule has 17 heavy (non-hydrogen) atoms. The molecule has 0 rings (SSSR count). The minimum atomic E-state index is 0. The lowest BCUT2D eigenvalue weighted by Crippen LogP contribution is -3.00. The fraction of sp³-hybridized carbons (Fsp3) is 1.00. The number of aliphatic hydroxyl groups excluding tert-OH is 1. The van der Waals surface area contributed by atoms with E-state index >= 15 is 0 Å². The molecule has 0 saturated carbocycles. The summed E-state index contributed by atoms with van der Waals surface area (Å²) in [6.45, 7) is 1.67. The van der Waals surface area contributed by atoms with E-state index in [2.05, 4.69) is 12.4 Å². The van der Waals surface area contributed by atoms with E-state index in [4.69, 9.17) is 5.11 Å². The highest BCUT2D eigenvalue weighted by molar-refractivity contribution is 4.47. The van der Waals surface area contributed by atoms with Crippen LogP contribution in [0.25, 0.3) is 0 Å². The number of hydrogen-bond acceptors (Lipinski definition) is 1. The molecule has 3 N–H and O–H groups in total. The van der Waals surface area contributed by atoms with Gasteiger partial charge in [-0.3, -0.25) is 0 Å². The Bertz CT molecular complexity index is 109. The van der Waals surface area contributed by atoms with E-state index < -0.39 is 0 Å². The first-order valence-electron chi connectivity index (χ1n) is 7.30. The zero-order valence-corrected chi connectivity index (χ0v) is 12.4. The van der Waals surface area contributed by atoms with Gasteiger partial charge in [-0.05, 0) is 19.3 Å². The molecule has 0 aliphatic rings. The summed E-state index contributed by atoms with van der Waals surface area (Å²) in [5.41, 5.74) is 0. The molecule has 0 unspecified atom stereocenters. The normalized spacial score (nSPS) is 10.2. The minimum Gasteiger partial charge on any atom is -1.00 e. The number of halogens is 1. The first kappa shape index (κ1) is 19.5. The van der Waals surface area contributed by atoms with Gasteiger partial charge in [-0.15, -0.1) is 0 Å². The molecule has 2 nitrogen and oxygen atoms in total. The van der Waals surface area contributed by atoms with Gasteiger partial charge in [0.2, 0.25) is 0 Å². The molecule has 0 heterocycles. The molecular weight excluding hydrogens is 234 g/mol. The van der Waals surface area contributed by atoms with Gasteiger partial charge < -0.3 is 22.8 Å². The number of nitrogens with two attached hydrogens (primary N) is 1. The molecule has 0 fully saturated rings. The molecule has 0 bridgehead atoms. The first-order valence-corrected chi connectivity index (χ1v) is 7.30. The summed E-state index contributed by atoms with van der Waals surface area (Å²) < 4.78 is 0. The molecule has 0 aromatic heterocycles. The van der Waals surface area contributed by atoms with Crippen LogP contribution in [0.15, 0.2) is 0 Å². The summed E-state index contributed by atoms with van der Waals surface area (Å²) in [6.07, 6.45) is 14.8. The monoisotopic (exact) mass is 265 g/mol. The van der Waals surface area contributed by atoms with Crippen LogP contribution in [-0.4, -0.2) is 25.3 Å². The third-order valence-corrected chi connectivity index (χ3v) is 3.15. The Morgan fingerprint density at radius 1 is 0.647 bits per heavy atom. The van der Waals surface area contributed by atoms with Crippen LogP contribution in [0.5, 0.6) is 0 Å². The van der Waals surface area contributed by atoms with Gasteiger partial charge in [-0.1, -0.05) is 51.4 Å². The number of aliphatic hydroxyl groups is 1. The lowest BCUT2D eigenvalue weighted by molar-refractivity contribution is -0.627. The smallest absolute Gasteiger partial charge is 0.0753 e. The Balaban J connectivity index is 0. The van der Waals surface area contributed by atoms with Crippen molar-refractivity contribution in [3.05, 3.63) is 0 Å². The van der Waals surface area contributed by atoms with Crippen molar-refractivity contribution in [3.63, 3.8) is 0 Å². The highest BCUT2D eigenvalue weighted by Gasteiger charge is 1.93. The molecule has 0 spiro atoms. The number of unbranched alkanes of at least 4 members (excludes halogenated alkanes) is 10. The molecule has 106 valence electrons. The predicted octanol–water partition coefficient (Wildman–Crippen LogP) is -0.533. The summed E-state index contributed by atoms with van der Waals surface area (Å²) in [5, 5.41) is 10.9. The fourth-order valence-electron chi connectivity index (χ4n) is 2.05. The molecule has 0 aromatic rings. The largest absolute Gasteiger partial charge is 1.00 e. The molecule has 0 radical (unpaired) electrons. The van der Waals surface area contributed by atoms with Gasteiger partial charge in [0.25, 0.3) is 0 Å². The SMILES string of the molecule is C[NH2+]CCCCCCCCCCCCCO.[Cl-]. The van der Waals surface area contributed by atoms with Crippen molar-refractivity contribution < 1.29 is 22.8 Å². The van der Waals surface area contributed by atoms with Gasteiger partial charge >= 0.3 is 0 Å². The van der Waals surface area contributed by atoms with Crippen molar-refractivity contribution >= 4 is 0 Å². The van der Waals surface area contributed by atoms with Crippen LogP contribution in [0, 0.1) is 0 Å². The average Bonchev–Trinajstić information content (AvgIpc) is 2.31. The van der Waals surface area contributed by atoms with Crippen molar-refractivity contribution in [1.82, 2.24) is 0 Å². The van der Waals surface area contributed by atoms with E-state index in [1.807, 2.05) is 0 Å². The predicted molar refractivity (Wildman–Crippen MR) is 70.6 cm³/mol. The number of rotatable bonds is 13. The van der Waals surface area contributed by atoms with E-state index in [-0.39, 0.29) is 12.4 Å². The second kappa shape index (κ2) is 18.6. The van der Waals surface area contributed by atoms with Crippen LogP contribution >= 0.6 is 0 Å². The van der Waals surface area contributed by atoms with Crippen molar-refractivity contribution in [2.45, 2.75) is 70.6 Å². The zero-order chi connectivity index (χ0) is 11.9. The van der Waals surface area contributed by atoms with Gasteiger partial charge in [-0.2, -0.15) is 0 Å². The number of quaternary nitrogens is 1. The van der Waals surface area contributed by atoms with Gasteiger partial charge in [-0.25, -0.2) is 0 Å². The van der Waals surface area contributed by atoms with Crippen LogP contribution in [0.1, 0.15) is 70.6 Å². The van der Waals surface area contributed by atoms with E-state index in [9.17, 15) is 0 Å². The van der Waals surface area contributed by atoms with Crippen LogP contribution in [0.2, 0.25) is 0 Å². The Kier molecular flexibility index (Phi) is 21.4. The molecular formula is C14H32ClNO. The summed E-state index contributed by atoms with van der Waals surface area (Å²) in [5.74, 6) is 0. The maximum atomic E-state index is 8.63. The lowest BCUT2D eigenvalue weighted by atomic mass is 10.1. The van der Waals surface area contributed by atoms with Crippen LogP contribution < -0.4 is 17.7 Å². The highest BCUT2D eigenvalue weighted by atomic mass is 35.5. The molecule has 0 aliphatic carbocycles. The third-order valence-electron chi connectivity index (χ3n) is 3.15. The first-order chi connectivity index (χ1) is 7.91. The second-order valence-electron chi connectivity index (χ2n) is 4.81. The van der Waals surface area contributed by atoms with Gasteiger partial charge in [0.1, 0.15) is 0 Å². The molecule has 0 aromatic carbocycles. The Hall–Kier alpha value is 0.210. The summed E-state index contributed by atoms with van der Waals surface area (Å²) in [6, 6.07) is 0. The second-order valence-corrected chi connectivity index (χ2v) is 4.81. The molecule has 0 amide bonds. The van der Waals surface area contributed by atoms with E-state index in [1.165, 1.54) is 70.8 Å². The standard InChI is InChI=1S/C14H31NO.ClH/c1-15-13-11-9-7-5-3-2-4-6-8-10-12-14-16;/h15-16H,2-14H2,1H3;1H. The summed E-state index contributed by atoms with van der Waals surface area (Å²) >= 11 is 0. The fourth-order valence-corrected chi connectivity index (χ4v) is 2.05. The minimum absolute atomic E-state index is 0. The Labute approximate surface area is 114 Å². The van der Waals surface area contributed by atoms with Gasteiger partial charge in [0.15, 0.2) is 0 Å². The van der Waals surface area contributed by atoms with Crippen molar-refractivity contribution in [2.75, 3.05) is 20.2 Å². The zero-order valence-electron chi connectivity index (χ0n) is 11.6. The van der Waals surface area contributed by atoms with Gasteiger partial charge in [0, 0.05) is 6.61 Å². The van der Waals surface area contributed by atoms with E-state index in [1.54, 1.807) is 0 Å². The van der Waals surface area contributed by atoms with Crippen LogP contribution in [-0.2, 0) is 0 Å². The molecule has 0 aliphatic heterocycles. The van der Waals surface area contributed by atoms with Gasteiger partial charge in [0.05, 0.1) is 13.6 Å². The van der Waals surface area contributed by atoms with Crippen molar-refractivity contribution in [3.8, 4) is 0 Å². The van der Waals surface area contributed by atoms with Crippen LogP contribution in [0.3, 0.4) is 0 Å².